The van der Waals surface area contributed by atoms with Crippen molar-refractivity contribution in [3.8, 4) is 11.8 Å². The quantitative estimate of drug-likeness (QED) is 0.726. The first-order valence-electron chi connectivity index (χ1n) is 3.54. The number of halogens is 1. The van der Waals surface area contributed by atoms with E-state index in [9.17, 15) is 4.39 Å². The minimum Gasteiger partial charge on any atom is -0.508 e. The van der Waals surface area contributed by atoms with Crippen LogP contribution >= 0.6 is 0 Å². The van der Waals surface area contributed by atoms with Crippen molar-refractivity contribution in [1.29, 1.82) is 5.26 Å². The fourth-order valence-corrected chi connectivity index (χ4v) is 0.885. The highest BCUT2D eigenvalue weighted by Gasteiger charge is 2.04. The Labute approximate surface area is 69.9 Å². The molecule has 12 heavy (non-hydrogen) atoms. The predicted octanol–water partition coefficient (Wildman–Crippen LogP) is 1.80. The van der Waals surface area contributed by atoms with Gasteiger partial charge in [-0.25, -0.2) is 4.39 Å². The van der Waals surface area contributed by atoms with Crippen LogP contribution in [0.3, 0.4) is 0 Å². The molecule has 0 heterocycles. The average molecular weight is 165 g/mol. The molecule has 0 radical (unpaired) electrons. The molecule has 0 fully saturated rings. The Balaban J connectivity index is 2.66. The lowest BCUT2D eigenvalue weighted by atomic mass is 10.1. The zero-order valence-corrected chi connectivity index (χ0v) is 6.37. The zero-order chi connectivity index (χ0) is 8.97. The van der Waals surface area contributed by atoms with Crippen molar-refractivity contribution in [3.05, 3.63) is 29.8 Å². The lowest BCUT2D eigenvalue weighted by Crippen LogP contribution is -2.00. The Kier molecular flexibility index (Phi) is 2.65. The molecule has 1 unspecified atom stereocenters. The van der Waals surface area contributed by atoms with Gasteiger partial charge in [0.25, 0.3) is 0 Å². The van der Waals surface area contributed by atoms with Crippen molar-refractivity contribution in [2.24, 2.45) is 0 Å². The number of nitrogens with zero attached hydrogens (tertiary/aromatic N) is 1. The third-order valence-electron chi connectivity index (χ3n) is 1.49. The first kappa shape index (κ1) is 8.54. The Morgan fingerprint density at radius 3 is 2.50 bits per heavy atom. The number of phenols is 1. The molecule has 3 heteroatoms. The van der Waals surface area contributed by atoms with Gasteiger partial charge in [-0.3, -0.25) is 0 Å². The fraction of sp³-hybridized carbons (Fsp3) is 0.222. The molecule has 62 valence electrons. The van der Waals surface area contributed by atoms with Crippen molar-refractivity contribution in [2.75, 3.05) is 0 Å². The van der Waals surface area contributed by atoms with E-state index in [0.29, 0.717) is 5.56 Å². The highest BCUT2D eigenvalue weighted by atomic mass is 19.1. The van der Waals surface area contributed by atoms with Crippen molar-refractivity contribution < 1.29 is 9.50 Å². The first-order valence-corrected chi connectivity index (χ1v) is 3.54. The lowest BCUT2D eigenvalue weighted by molar-refractivity contribution is 0.407. The third-order valence-corrected chi connectivity index (χ3v) is 1.49. The number of nitriles is 1. The third kappa shape index (κ3) is 2.24. The molecule has 0 saturated carbocycles. The number of hydrogen-bond acceptors (Lipinski definition) is 2. The van der Waals surface area contributed by atoms with Crippen LogP contribution in [0.5, 0.6) is 5.75 Å². The van der Waals surface area contributed by atoms with E-state index in [1.807, 2.05) is 0 Å². The highest BCUT2D eigenvalue weighted by Crippen LogP contribution is 2.11. The van der Waals surface area contributed by atoms with Crippen LogP contribution in [0, 0.1) is 11.3 Å². The summed E-state index contributed by atoms with van der Waals surface area (Å²) in [7, 11) is 0. The average Bonchev–Trinajstić information content (AvgIpc) is 2.09. The van der Waals surface area contributed by atoms with Gasteiger partial charge in [0.15, 0.2) is 6.17 Å². The van der Waals surface area contributed by atoms with Crippen LogP contribution in [-0.4, -0.2) is 11.3 Å². The van der Waals surface area contributed by atoms with Gasteiger partial charge in [0.2, 0.25) is 0 Å². The summed E-state index contributed by atoms with van der Waals surface area (Å²) in [4.78, 5) is 0. The summed E-state index contributed by atoms with van der Waals surface area (Å²) >= 11 is 0. The van der Waals surface area contributed by atoms with Crippen LogP contribution in [-0.2, 0) is 6.42 Å². The van der Waals surface area contributed by atoms with Crippen LogP contribution in [0.2, 0.25) is 0 Å². The van der Waals surface area contributed by atoms with Gasteiger partial charge >= 0.3 is 0 Å². The molecule has 2 nitrogen and oxygen atoms in total. The van der Waals surface area contributed by atoms with E-state index in [1.54, 1.807) is 12.1 Å². The summed E-state index contributed by atoms with van der Waals surface area (Å²) < 4.78 is 12.5. The number of hydrogen-bond donors (Lipinski definition) is 1. The second kappa shape index (κ2) is 3.72. The van der Waals surface area contributed by atoms with Gasteiger partial charge in [-0.2, -0.15) is 5.26 Å². The Morgan fingerprint density at radius 1 is 1.42 bits per heavy atom. The molecule has 0 saturated heterocycles. The molecular weight excluding hydrogens is 157 g/mol. The van der Waals surface area contributed by atoms with Gasteiger partial charge in [-0.1, -0.05) is 12.1 Å². The molecule has 0 aromatic heterocycles. The monoisotopic (exact) mass is 165 g/mol. The van der Waals surface area contributed by atoms with E-state index in [1.165, 1.54) is 18.2 Å². The smallest absolute Gasteiger partial charge is 0.190 e. The van der Waals surface area contributed by atoms with Gasteiger partial charge in [0, 0.05) is 6.42 Å². The van der Waals surface area contributed by atoms with E-state index in [0.717, 1.165) is 0 Å². The van der Waals surface area contributed by atoms with Crippen molar-refractivity contribution in [3.63, 3.8) is 0 Å². The van der Waals surface area contributed by atoms with E-state index in [4.69, 9.17) is 10.4 Å². The summed E-state index contributed by atoms with van der Waals surface area (Å²) in [5.74, 6) is 0.145. The Morgan fingerprint density at radius 2 is 2.00 bits per heavy atom. The van der Waals surface area contributed by atoms with E-state index < -0.39 is 6.17 Å². The summed E-state index contributed by atoms with van der Waals surface area (Å²) in [5.41, 5.74) is 0.710. The number of rotatable bonds is 2. The van der Waals surface area contributed by atoms with Crippen LogP contribution in [0.4, 0.5) is 4.39 Å². The molecule has 0 amide bonds. The summed E-state index contributed by atoms with van der Waals surface area (Å²) in [5, 5.41) is 17.1. The number of benzene rings is 1. The number of alkyl halides is 1. The van der Waals surface area contributed by atoms with Crippen molar-refractivity contribution in [1.82, 2.24) is 0 Å². The van der Waals surface area contributed by atoms with Gasteiger partial charge in [0.1, 0.15) is 11.8 Å². The predicted molar refractivity (Wildman–Crippen MR) is 42.3 cm³/mol. The molecule has 1 atom stereocenters. The van der Waals surface area contributed by atoms with Gasteiger partial charge in [-0.15, -0.1) is 0 Å². The summed E-state index contributed by atoms with van der Waals surface area (Å²) in [6.45, 7) is 0. The summed E-state index contributed by atoms with van der Waals surface area (Å²) in [6, 6.07) is 7.64. The standard InChI is InChI=1S/C9H8FNO/c10-8(6-11)5-7-1-3-9(12)4-2-7/h1-4,8,12H,5H2. The molecule has 0 aliphatic heterocycles. The van der Waals surface area contributed by atoms with Gasteiger partial charge < -0.3 is 5.11 Å². The molecule has 0 spiro atoms. The first-order chi connectivity index (χ1) is 5.72. The molecule has 1 aromatic rings. The minimum atomic E-state index is -1.46. The van der Waals surface area contributed by atoms with Gasteiger partial charge in [0.05, 0.1) is 0 Å². The fourth-order valence-electron chi connectivity index (χ4n) is 0.885. The van der Waals surface area contributed by atoms with E-state index >= 15 is 0 Å². The maximum absolute atomic E-state index is 12.5. The number of aromatic hydroxyl groups is 1. The zero-order valence-electron chi connectivity index (χ0n) is 6.37. The minimum absolute atomic E-state index is 0.0801. The maximum atomic E-state index is 12.5. The summed E-state index contributed by atoms with van der Waals surface area (Å²) in [6.07, 6.45) is -1.38. The van der Waals surface area contributed by atoms with Crippen molar-refractivity contribution in [2.45, 2.75) is 12.6 Å². The second-order valence-corrected chi connectivity index (χ2v) is 2.47. The molecule has 0 bridgehead atoms. The molecular formula is C9H8FNO. The molecule has 1 aromatic carbocycles. The largest absolute Gasteiger partial charge is 0.508 e. The van der Waals surface area contributed by atoms with E-state index in [-0.39, 0.29) is 12.2 Å². The van der Waals surface area contributed by atoms with E-state index in [2.05, 4.69) is 0 Å². The Hall–Kier alpha value is -1.56. The Bertz CT molecular complexity index is 288. The molecule has 1 rings (SSSR count). The topological polar surface area (TPSA) is 44.0 Å². The number of phenolic OH excluding ortho intramolecular Hbond substituents is 1. The van der Waals surface area contributed by atoms with Gasteiger partial charge in [-0.05, 0) is 17.7 Å². The van der Waals surface area contributed by atoms with Crippen molar-refractivity contribution >= 4 is 0 Å². The molecule has 0 aliphatic carbocycles. The van der Waals surface area contributed by atoms with Crippen LogP contribution < -0.4 is 0 Å². The lowest BCUT2D eigenvalue weighted by Gasteiger charge is -1.99. The van der Waals surface area contributed by atoms with Crippen LogP contribution in [0.1, 0.15) is 5.56 Å². The highest BCUT2D eigenvalue weighted by molar-refractivity contribution is 5.26. The normalized spacial score (nSPS) is 12.0. The van der Waals surface area contributed by atoms with Crippen LogP contribution in [0.25, 0.3) is 0 Å². The molecule has 0 aliphatic rings. The second-order valence-electron chi connectivity index (χ2n) is 2.47. The SMILES string of the molecule is N#CC(F)Cc1ccc(O)cc1. The van der Waals surface area contributed by atoms with Crippen LogP contribution in [0.15, 0.2) is 24.3 Å². The molecule has 1 N–H and O–H groups in total. The maximum Gasteiger partial charge on any atom is 0.190 e.